The molecule has 1 N–H and O–H groups in total. The van der Waals surface area contributed by atoms with E-state index in [1.54, 1.807) is 0 Å². The molecule has 1 aliphatic heterocycles. The molecule has 1 heteroatoms. The lowest BCUT2D eigenvalue weighted by molar-refractivity contribution is 0.633. The van der Waals surface area contributed by atoms with Gasteiger partial charge in [-0.1, -0.05) is 19.1 Å². The summed E-state index contributed by atoms with van der Waals surface area (Å²) >= 11 is 0. The van der Waals surface area contributed by atoms with Crippen LogP contribution in [0.5, 0.6) is 0 Å². The molecular weight excluding hydrogens is 110 g/mol. The quantitative estimate of drug-likeness (QED) is 0.524. The Morgan fingerprint density at radius 2 is 2.33 bits per heavy atom. The Kier molecular flexibility index (Phi) is 1.91. The van der Waals surface area contributed by atoms with Crippen molar-refractivity contribution in [2.75, 3.05) is 6.54 Å². The summed E-state index contributed by atoms with van der Waals surface area (Å²) in [6.45, 7) is 9.44. The number of hydrogen-bond acceptors (Lipinski definition) is 1. The molecule has 2 atom stereocenters. The van der Waals surface area contributed by atoms with Gasteiger partial charge < -0.3 is 5.32 Å². The molecule has 0 spiro atoms. The van der Waals surface area contributed by atoms with Crippen molar-refractivity contribution in [3.8, 4) is 0 Å². The Morgan fingerprint density at radius 3 is 2.56 bits per heavy atom. The molecule has 1 rings (SSSR count). The molecule has 52 valence electrons. The Labute approximate surface area is 57.1 Å². The Bertz CT molecular complexity index is 118. The van der Waals surface area contributed by atoms with Gasteiger partial charge in [-0.15, -0.1) is 0 Å². The highest BCUT2D eigenvalue weighted by Gasteiger charge is 2.19. The van der Waals surface area contributed by atoms with Crippen LogP contribution in [-0.4, -0.2) is 12.6 Å². The van der Waals surface area contributed by atoms with Gasteiger partial charge >= 0.3 is 0 Å². The van der Waals surface area contributed by atoms with E-state index >= 15 is 0 Å². The van der Waals surface area contributed by atoms with Crippen LogP contribution in [0, 0.1) is 5.92 Å². The van der Waals surface area contributed by atoms with Crippen LogP contribution in [0.25, 0.3) is 0 Å². The van der Waals surface area contributed by atoms with Crippen molar-refractivity contribution in [3.05, 3.63) is 12.2 Å². The summed E-state index contributed by atoms with van der Waals surface area (Å²) in [5.41, 5.74) is 1.28. The first-order valence-electron chi connectivity index (χ1n) is 3.59. The van der Waals surface area contributed by atoms with Gasteiger partial charge in [-0.2, -0.15) is 0 Å². The molecule has 0 radical (unpaired) electrons. The maximum absolute atomic E-state index is 3.91. The monoisotopic (exact) mass is 125 g/mol. The highest BCUT2D eigenvalue weighted by molar-refractivity contribution is 5.04. The van der Waals surface area contributed by atoms with Crippen molar-refractivity contribution in [1.82, 2.24) is 5.32 Å². The zero-order valence-corrected chi connectivity index (χ0v) is 6.28. The van der Waals surface area contributed by atoms with E-state index in [0.717, 1.165) is 12.5 Å². The van der Waals surface area contributed by atoms with E-state index in [4.69, 9.17) is 0 Å². The van der Waals surface area contributed by atoms with Gasteiger partial charge in [0.15, 0.2) is 0 Å². The predicted molar refractivity (Wildman–Crippen MR) is 40.4 cm³/mol. The van der Waals surface area contributed by atoms with Crippen molar-refractivity contribution in [3.63, 3.8) is 0 Å². The molecule has 9 heavy (non-hydrogen) atoms. The molecular formula is C8H15N. The average Bonchev–Trinajstić information content (AvgIpc) is 2.14. The molecule has 0 saturated carbocycles. The summed E-state index contributed by atoms with van der Waals surface area (Å²) in [7, 11) is 0. The van der Waals surface area contributed by atoms with E-state index in [9.17, 15) is 0 Å². The highest BCUT2D eigenvalue weighted by Crippen LogP contribution is 2.16. The lowest BCUT2D eigenvalue weighted by atomic mass is 10.0. The van der Waals surface area contributed by atoms with E-state index in [2.05, 4.69) is 25.7 Å². The van der Waals surface area contributed by atoms with Gasteiger partial charge in [-0.25, -0.2) is 0 Å². The molecule has 1 unspecified atom stereocenters. The molecule has 1 heterocycles. The third-order valence-corrected chi connectivity index (χ3v) is 1.95. The fourth-order valence-electron chi connectivity index (χ4n) is 1.29. The van der Waals surface area contributed by atoms with E-state index in [1.165, 1.54) is 12.0 Å². The first-order valence-corrected chi connectivity index (χ1v) is 3.59. The average molecular weight is 125 g/mol. The minimum atomic E-state index is 0.597. The maximum atomic E-state index is 3.91. The molecule has 0 bridgehead atoms. The second-order valence-corrected chi connectivity index (χ2v) is 3.15. The Morgan fingerprint density at radius 1 is 1.67 bits per heavy atom. The fourth-order valence-corrected chi connectivity index (χ4v) is 1.29. The minimum absolute atomic E-state index is 0.597. The Balaban J connectivity index is 2.39. The molecule has 1 fully saturated rings. The van der Waals surface area contributed by atoms with Gasteiger partial charge in [-0.05, 0) is 25.8 Å². The standard InChI is InChI=1S/C8H15N/c1-6(2)8-4-7(3)5-9-8/h7-9H,1,4-5H2,2-3H3/t7-,8?/m1/s1. The lowest BCUT2D eigenvalue weighted by Gasteiger charge is -2.07. The summed E-state index contributed by atoms with van der Waals surface area (Å²) in [5, 5.41) is 3.41. The van der Waals surface area contributed by atoms with Crippen LogP contribution in [0.2, 0.25) is 0 Å². The van der Waals surface area contributed by atoms with Crippen LogP contribution in [-0.2, 0) is 0 Å². The van der Waals surface area contributed by atoms with Gasteiger partial charge in [-0.3, -0.25) is 0 Å². The second kappa shape index (κ2) is 2.53. The number of rotatable bonds is 1. The maximum Gasteiger partial charge on any atom is 0.0277 e. The predicted octanol–water partition coefficient (Wildman–Crippen LogP) is 1.56. The lowest BCUT2D eigenvalue weighted by Crippen LogP contribution is -2.21. The summed E-state index contributed by atoms with van der Waals surface area (Å²) < 4.78 is 0. The highest BCUT2D eigenvalue weighted by atomic mass is 14.9. The zero-order valence-electron chi connectivity index (χ0n) is 6.28. The summed E-state index contributed by atoms with van der Waals surface area (Å²) in [5.74, 6) is 0.840. The molecule has 1 aliphatic rings. The van der Waals surface area contributed by atoms with Crippen molar-refractivity contribution in [2.45, 2.75) is 26.3 Å². The molecule has 1 saturated heterocycles. The Hall–Kier alpha value is -0.300. The normalized spacial score (nSPS) is 34.9. The fraction of sp³-hybridized carbons (Fsp3) is 0.750. The first kappa shape index (κ1) is 6.81. The van der Waals surface area contributed by atoms with Crippen molar-refractivity contribution < 1.29 is 0 Å². The van der Waals surface area contributed by atoms with Gasteiger partial charge in [0, 0.05) is 6.04 Å². The molecule has 1 nitrogen and oxygen atoms in total. The van der Waals surface area contributed by atoms with E-state index in [1.807, 2.05) is 0 Å². The molecule has 0 amide bonds. The number of nitrogens with one attached hydrogen (secondary N) is 1. The van der Waals surface area contributed by atoms with Gasteiger partial charge in [0.05, 0.1) is 0 Å². The van der Waals surface area contributed by atoms with Crippen LogP contribution in [0.1, 0.15) is 20.3 Å². The topological polar surface area (TPSA) is 12.0 Å². The molecule has 0 aliphatic carbocycles. The van der Waals surface area contributed by atoms with Crippen LogP contribution in [0.15, 0.2) is 12.2 Å². The first-order chi connectivity index (χ1) is 4.20. The molecule has 0 aromatic heterocycles. The van der Waals surface area contributed by atoms with Crippen molar-refractivity contribution in [1.29, 1.82) is 0 Å². The summed E-state index contributed by atoms with van der Waals surface area (Å²) in [6, 6.07) is 0.597. The largest absolute Gasteiger partial charge is 0.310 e. The van der Waals surface area contributed by atoms with Crippen LogP contribution in [0.4, 0.5) is 0 Å². The zero-order chi connectivity index (χ0) is 6.85. The SMILES string of the molecule is C=C(C)C1C[C@@H](C)CN1. The number of hydrogen-bond donors (Lipinski definition) is 1. The summed E-state index contributed by atoms with van der Waals surface area (Å²) in [6.07, 6.45) is 1.27. The van der Waals surface area contributed by atoms with Gasteiger partial charge in [0.25, 0.3) is 0 Å². The minimum Gasteiger partial charge on any atom is -0.310 e. The van der Waals surface area contributed by atoms with E-state index in [-0.39, 0.29) is 0 Å². The van der Waals surface area contributed by atoms with Gasteiger partial charge in [0.2, 0.25) is 0 Å². The van der Waals surface area contributed by atoms with E-state index in [0.29, 0.717) is 6.04 Å². The smallest absolute Gasteiger partial charge is 0.0277 e. The summed E-state index contributed by atoms with van der Waals surface area (Å²) in [4.78, 5) is 0. The third-order valence-electron chi connectivity index (χ3n) is 1.95. The van der Waals surface area contributed by atoms with Crippen molar-refractivity contribution in [2.24, 2.45) is 5.92 Å². The van der Waals surface area contributed by atoms with Crippen LogP contribution in [0.3, 0.4) is 0 Å². The van der Waals surface area contributed by atoms with Crippen LogP contribution < -0.4 is 5.32 Å². The van der Waals surface area contributed by atoms with Gasteiger partial charge in [0.1, 0.15) is 0 Å². The molecule has 0 aromatic carbocycles. The molecule has 0 aromatic rings. The van der Waals surface area contributed by atoms with Crippen molar-refractivity contribution >= 4 is 0 Å². The van der Waals surface area contributed by atoms with E-state index < -0.39 is 0 Å². The van der Waals surface area contributed by atoms with Crippen LogP contribution >= 0.6 is 0 Å². The third kappa shape index (κ3) is 1.55. The second-order valence-electron chi connectivity index (χ2n) is 3.15.